The first-order chi connectivity index (χ1) is 12.2. The van der Waals surface area contributed by atoms with Gasteiger partial charge in [-0.05, 0) is 47.0 Å². The maximum atomic E-state index is 12.9. The monoisotopic (exact) mass is 377 g/mol. The smallest absolute Gasteiger partial charge is 0.229 e. The van der Waals surface area contributed by atoms with E-state index in [9.17, 15) is 4.79 Å². The lowest BCUT2D eigenvalue weighted by Gasteiger charge is -2.35. The van der Waals surface area contributed by atoms with Crippen LogP contribution in [0.15, 0.2) is 35.0 Å². The van der Waals surface area contributed by atoms with Crippen molar-refractivity contribution in [2.45, 2.75) is 13.0 Å². The Morgan fingerprint density at radius 3 is 2.92 bits per heavy atom. The maximum Gasteiger partial charge on any atom is 0.229 e. The van der Waals surface area contributed by atoms with E-state index < -0.39 is 0 Å². The number of halogens is 1. The van der Waals surface area contributed by atoms with E-state index in [0.717, 1.165) is 50.5 Å². The summed E-state index contributed by atoms with van der Waals surface area (Å²) in [5, 5.41) is 5.04. The highest BCUT2D eigenvalue weighted by Gasteiger charge is 2.32. The molecule has 6 heteroatoms. The summed E-state index contributed by atoms with van der Waals surface area (Å²) in [6, 6.07) is 7.83. The van der Waals surface area contributed by atoms with Crippen LogP contribution < -0.4 is 9.64 Å². The summed E-state index contributed by atoms with van der Waals surface area (Å²) in [7, 11) is 0. The SMILES string of the molecule is O=C([C@H]1COc2ccc(Cl)cc2C1)N1CC[NH+](Cc2ccsc2)CC1. The number of hydrogen-bond donors (Lipinski definition) is 1. The highest BCUT2D eigenvalue weighted by molar-refractivity contribution is 7.07. The van der Waals surface area contributed by atoms with Crippen molar-refractivity contribution in [3.8, 4) is 5.75 Å². The lowest BCUT2D eigenvalue weighted by atomic mass is 9.95. The fraction of sp³-hybridized carbons (Fsp3) is 0.421. The normalized spacial score (nSPS) is 20.8. The topological polar surface area (TPSA) is 34.0 Å². The fourth-order valence-electron chi connectivity index (χ4n) is 3.68. The first-order valence-corrected chi connectivity index (χ1v) is 10.1. The highest BCUT2D eigenvalue weighted by atomic mass is 35.5. The Bertz CT molecular complexity index is 742. The van der Waals surface area contributed by atoms with Crippen LogP contribution in [0, 0.1) is 5.92 Å². The van der Waals surface area contributed by atoms with E-state index in [-0.39, 0.29) is 11.8 Å². The number of benzene rings is 1. The summed E-state index contributed by atoms with van der Waals surface area (Å²) in [6.07, 6.45) is 0.719. The number of amides is 1. The predicted molar refractivity (Wildman–Crippen MR) is 99.4 cm³/mol. The summed E-state index contributed by atoms with van der Waals surface area (Å²) in [5.74, 6) is 0.989. The molecule has 1 atom stereocenters. The van der Waals surface area contributed by atoms with Crippen molar-refractivity contribution in [1.82, 2.24) is 4.90 Å². The third-order valence-corrected chi connectivity index (χ3v) is 6.06. The second-order valence-electron chi connectivity index (χ2n) is 6.85. The molecule has 4 rings (SSSR count). The first-order valence-electron chi connectivity index (χ1n) is 8.74. The van der Waals surface area contributed by atoms with Gasteiger partial charge in [-0.2, -0.15) is 11.3 Å². The van der Waals surface area contributed by atoms with Gasteiger partial charge in [0, 0.05) is 10.6 Å². The highest BCUT2D eigenvalue weighted by Crippen LogP contribution is 2.30. The molecule has 0 unspecified atom stereocenters. The van der Waals surface area contributed by atoms with Gasteiger partial charge in [-0.1, -0.05) is 11.6 Å². The number of rotatable bonds is 3. The molecule has 4 nitrogen and oxygen atoms in total. The van der Waals surface area contributed by atoms with Crippen LogP contribution in [-0.2, 0) is 17.8 Å². The first kappa shape index (κ1) is 16.9. The molecule has 1 fully saturated rings. The Labute approximate surface area is 156 Å². The van der Waals surface area contributed by atoms with Crippen molar-refractivity contribution in [2.75, 3.05) is 32.8 Å². The number of quaternary nitrogens is 1. The number of carbonyl (C=O) groups is 1. The van der Waals surface area contributed by atoms with E-state index >= 15 is 0 Å². The zero-order valence-corrected chi connectivity index (χ0v) is 15.6. The second-order valence-corrected chi connectivity index (χ2v) is 8.06. The molecule has 0 aliphatic carbocycles. The van der Waals surface area contributed by atoms with Crippen LogP contribution in [0.2, 0.25) is 5.02 Å². The minimum atomic E-state index is -0.0932. The van der Waals surface area contributed by atoms with Gasteiger partial charge in [0.2, 0.25) is 5.91 Å². The Kier molecular flexibility index (Phi) is 4.97. The summed E-state index contributed by atoms with van der Waals surface area (Å²) >= 11 is 7.82. The van der Waals surface area contributed by atoms with Crippen LogP contribution in [-0.4, -0.2) is 43.6 Å². The number of nitrogens with one attached hydrogen (secondary N) is 1. The van der Waals surface area contributed by atoms with Gasteiger partial charge in [0.25, 0.3) is 0 Å². The van der Waals surface area contributed by atoms with Gasteiger partial charge >= 0.3 is 0 Å². The zero-order valence-electron chi connectivity index (χ0n) is 14.0. The molecule has 3 heterocycles. The summed E-state index contributed by atoms with van der Waals surface area (Å²) in [5.41, 5.74) is 2.44. The number of ether oxygens (including phenoxy) is 1. The number of thiophene rings is 1. The molecule has 132 valence electrons. The molecule has 1 aromatic heterocycles. The van der Waals surface area contributed by atoms with Crippen LogP contribution in [0.25, 0.3) is 0 Å². The predicted octanol–water partition coefficient (Wildman–Crippen LogP) is 1.88. The summed E-state index contributed by atoms with van der Waals surface area (Å²) in [6.45, 7) is 5.21. The van der Waals surface area contributed by atoms with Crippen molar-refractivity contribution >= 4 is 28.8 Å². The molecule has 1 aromatic carbocycles. The molecule has 0 radical (unpaired) electrons. The van der Waals surface area contributed by atoms with Crippen molar-refractivity contribution in [3.05, 3.63) is 51.2 Å². The van der Waals surface area contributed by atoms with Crippen molar-refractivity contribution in [2.24, 2.45) is 5.92 Å². The van der Waals surface area contributed by atoms with Crippen molar-refractivity contribution in [3.63, 3.8) is 0 Å². The third-order valence-electron chi connectivity index (χ3n) is 5.09. The van der Waals surface area contributed by atoms with Gasteiger partial charge in [0.1, 0.15) is 18.9 Å². The Morgan fingerprint density at radius 1 is 1.32 bits per heavy atom. The third kappa shape index (κ3) is 3.84. The molecular formula is C19H22ClN2O2S+. The van der Waals surface area contributed by atoms with E-state index in [0.29, 0.717) is 11.6 Å². The van der Waals surface area contributed by atoms with Gasteiger partial charge in [-0.15, -0.1) is 0 Å². The van der Waals surface area contributed by atoms with Gasteiger partial charge < -0.3 is 14.5 Å². The van der Waals surface area contributed by atoms with Gasteiger partial charge in [-0.25, -0.2) is 0 Å². The van der Waals surface area contributed by atoms with Crippen LogP contribution in [0.5, 0.6) is 5.75 Å². The van der Waals surface area contributed by atoms with Crippen LogP contribution in [0.3, 0.4) is 0 Å². The summed E-state index contributed by atoms with van der Waals surface area (Å²) in [4.78, 5) is 16.4. The quantitative estimate of drug-likeness (QED) is 0.886. The van der Waals surface area contributed by atoms with Crippen molar-refractivity contribution < 1.29 is 14.4 Å². The molecule has 0 spiro atoms. The lowest BCUT2D eigenvalue weighted by molar-refractivity contribution is -0.917. The second kappa shape index (κ2) is 7.36. The molecule has 0 saturated carbocycles. The fourth-order valence-corrected chi connectivity index (χ4v) is 4.55. The lowest BCUT2D eigenvalue weighted by Crippen LogP contribution is -3.13. The van der Waals surface area contributed by atoms with Crippen LogP contribution in [0.1, 0.15) is 11.1 Å². The number of hydrogen-bond acceptors (Lipinski definition) is 3. The average Bonchev–Trinajstić information content (AvgIpc) is 3.14. The van der Waals surface area contributed by atoms with E-state index in [4.69, 9.17) is 16.3 Å². The molecule has 2 aliphatic rings. The summed E-state index contributed by atoms with van der Waals surface area (Å²) < 4.78 is 5.78. The number of nitrogens with zero attached hydrogens (tertiary/aromatic N) is 1. The molecule has 1 saturated heterocycles. The number of fused-ring (bicyclic) bond motifs is 1. The standard InChI is InChI=1S/C19H21ClN2O2S/c20-17-1-2-18-15(10-17)9-16(12-24-18)19(23)22-6-4-21(5-7-22)11-14-3-8-25-13-14/h1-3,8,10,13,16H,4-7,9,11-12H2/p+1/t16-/m1/s1. The maximum absolute atomic E-state index is 12.9. The number of piperazine rings is 1. The molecule has 2 aromatic rings. The van der Waals surface area contributed by atoms with Crippen LogP contribution >= 0.6 is 22.9 Å². The Hall–Kier alpha value is -1.56. The molecule has 25 heavy (non-hydrogen) atoms. The molecule has 1 N–H and O–H groups in total. The van der Waals surface area contributed by atoms with Crippen molar-refractivity contribution in [1.29, 1.82) is 0 Å². The van der Waals surface area contributed by atoms with Gasteiger partial charge in [-0.3, -0.25) is 4.79 Å². The van der Waals surface area contributed by atoms with E-state index in [1.807, 2.05) is 23.1 Å². The van der Waals surface area contributed by atoms with Gasteiger partial charge in [0.05, 0.1) is 32.1 Å². The van der Waals surface area contributed by atoms with E-state index in [1.54, 1.807) is 16.2 Å². The minimum Gasteiger partial charge on any atom is -0.492 e. The largest absolute Gasteiger partial charge is 0.492 e. The average molecular weight is 378 g/mol. The Morgan fingerprint density at radius 2 is 2.16 bits per heavy atom. The molecular weight excluding hydrogens is 356 g/mol. The van der Waals surface area contributed by atoms with E-state index in [1.165, 1.54) is 5.56 Å². The zero-order chi connectivity index (χ0) is 17.2. The molecule has 1 amide bonds. The molecule has 0 bridgehead atoms. The van der Waals surface area contributed by atoms with Crippen LogP contribution in [0.4, 0.5) is 0 Å². The van der Waals surface area contributed by atoms with E-state index in [2.05, 4.69) is 16.8 Å². The minimum absolute atomic E-state index is 0.0932. The molecule has 2 aliphatic heterocycles. The number of carbonyl (C=O) groups excluding carboxylic acids is 1. The Balaban J connectivity index is 1.33. The van der Waals surface area contributed by atoms with Gasteiger partial charge in [0.15, 0.2) is 0 Å².